The van der Waals surface area contributed by atoms with E-state index in [1.807, 2.05) is 22.6 Å². The van der Waals surface area contributed by atoms with Gasteiger partial charge in [-0.05, 0) is 40.8 Å². The van der Waals surface area contributed by atoms with E-state index < -0.39 is 27.4 Å². The fourth-order valence-corrected chi connectivity index (χ4v) is 2.05. The van der Waals surface area contributed by atoms with Crippen LogP contribution in [0.3, 0.4) is 0 Å². The Morgan fingerprint density at radius 1 is 1.41 bits per heavy atom. The second-order valence-electron chi connectivity index (χ2n) is 2.90. The number of sulfonamides is 1. The molecule has 9 heteroatoms. The van der Waals surface area contributed by atoms with Gasteiger partial charge in [0.15, 0.2) is 0 Å². The van der Waals surface area contributed by atoms with Crippen molar-refractivity contribution in [1.29, 1.82) is 0 Å². The standard InChI is InChI=1S/C8H6F2INO4S/c9-8(10)17(15,16)12-6-2-1-4(11)3-5(6)7(13)14/h1-3,8,12H,(H,13,14). The Balaban J connectivity index is 3.20. The topological polar surface area (TPSA) is 83.5 Å². The average Bonchev–Trinajstić information content (AvgIpc) is 2.19. The molecule has 0 unspecified atom stereocenters. The fourth-order valence-electron chi connectivity index (χ4n) is 0.980. The molecule has 2 N–H and O–H groups in total. The van der Waals surface area contributed by atoms with Crippen molar-refractivity contribution in [2.24, 2.45) is 0 Å². The van der Waals surface area contributed by atoms with Crippen LogP contribution in [0.5, 0.6) is 0 Å². The average molecular weight is 377 g/mol. The number of carboxylic acids is 1. The summed E-state index contributed by atoms with van der Waals surface area (Å²) in [4.78, 5) is 10.8. The molecule has 1 aromatic carbocycles. The van der Waals surface area contributed by atoms with E-state index in [0.717, 1.165) is 6.07 Å². The van der Waals surface area contributed by atoms with E-state index in [1.165, 1.54) is 16.9 Å². The minimum absolute atomic E-state index is 0.388. The van der Waals surface area contributed by atoms with E-state index in [2.05, 4.69) is 0 Å². The SMILES string of the molecule is O=C(O)c1cc(I)ccc1NS(=O)(=O)C(F)F. The quantitative estimate of drug-likeness (QED) is 0.786. The molecule has 0 atom stereocenters. The summed E-state index contributed by atoms with van der Waals surface area (Å²) < 4.78 is 48.1. The van der Waals surface area contributed by atoms with Gasteiger partial charge < -0.3 is 5.11 Å². The Labute approximate surface area is 109 Å². The lowest BCUT2D eigenvalue weighted by Crippen LogP contribution is -2.22. The maximum atomic E-state index is 12.1. The minimum Gasteiger partial charge on any atom is -0.478 e. The highest BCUT2D eigenvalue weighted by atomic mass is 127. The summed E-state index contributed by atoms with van der Waals surface area (Å²) in [5.41, 5.74) is -0.778. The van der Waals surface area contributed by atoms with Gasteiger partial charge in [0.25, 0.3) is 10.0 Å². The van der Waals surface area contributed by atoms with Crippen molar-refractivity contribution < 1.29 is 27.1 Å². The lowest BCUT2D eigenvalue weighted by atomic mass is 10.2. The van der Waals surface area contributed by atoms with Gasteiger partial charge >= 0.3 is 11.7 Å². The summed E-state index contributed by atoms with van der Waals surface area (Å²) in [7, 11) is -4.87. The summed E-state index contributed by atoms with van der Waals surface area (Å²) in [5, 5.41) is 8.80. The normalized spacial score (nSPS) is 11.5. The number of hydrogen-bond donors (Lipinski definition) is 2. The van der Waals surface area contributed by atoms with Crippen LogP contribution in [0, 0.1) is 3.57 Å². The molecule has 17 heavy (non-hydrogen) atoms. The molecule has 1 rings (SSSR count). The van der Waals surface area contributed by atoms with Crippen LogP contribution in [-0.4, -0.2) is 25.3 Å². The van der Waals surface area contributed by atoms with E-state index in [1.54, 1.807) is 0 Å². The van der Waals surface area contributed by atoms with Crippen molar-refractivity contribution in [3.05, 3.63) is 27.3 Å². The molecule has 0 bridgehead atoms. The van der Waals surface area contributed by atoms with E-state index in [9.17, 15) is 22.0 Å². The zero-order chi connectivity index (χ0) is 13.2. The maximum absolute atomic E-state index is 12.1. The summed E-state index contributed by atoms with van der Waals surface area (Å²) in [5.74, 6) is -5.03. The summed E-state index contributed by atoms with van der Waals surface area (Å²) in [6.45, 7) is 0. The predicted octanol–water partition coefficient (Wildman–Crippen LogP) is 1.95. The van der Waals surface area contributed by atoms with Gasteiger partial charge in [-0.1, -0.05) is 0 Å². The molecular weight excluding hydrogens is 371 g/mol. The third-order valence-electron chi connectivity index (χ3n) is 1.70. The Morgan fingerprint density at radius 3 is 2.47 bits per heavy atom. The van der Waals surface area contributed by atoms with Crippen LogP contribution in [0.2, 0.25) is 0 Å². The highest BCUT2D eigenvalue weighted by Crippen LogP contribution is 2.21. The van der Waals surface area contributed by atoms with Crippen LogP contribution in [0.1, 0.15) is 10.4 Å². The molecule has 94 valence electrons. The van der Waals surface area contributed by atoms with E-state index in [4.69, 9.17) is 5.11 Å². The molecule has 0 radical (unpaired) electrons. The van der Waals surface area contributed by atoms with Gasteiger partial charge in [0.05, 0.1) is 11.3 Å². The van der Waals surface area contributed by atoms with Crippen molar-refractivity contribution >= 4 is 44.3 Å². The van der Waals surface area contributed by atoms with Gasteiger partial charge in [-0.3, -0.25) is 4.72 Å². The highest BCUT2D eigenvalue weighted by molar-refractivity contribution is 14.1. The number of carbonyl (C=O) groups is 1. The number of rotatable bonds is 4. The van der Waals surface area contributed by atoms with E-state index in [0.29, 0.717) is 3.57 Å². The number of benzene rings is 1. The van der Waals surface area contributed by atoms with Gasteiger partial charge in [0.2, 0.25) is 0 Å². The first-order valence-corrected chi connectivity index (χ1v) is 6.69. The number of halogens is 3. The molecule has 1 aromatic rings. The molecule has 0 aliphatic heterocycles. The van der Waals surface area contributed by atoms with Crippen molar-refractivity contribution in [1.82, 2.24) is 0 Å². The smallest absolute Gasteiger partial charge is 0.355 e. The van der Waals surface area contributed by atoms with Gasteiger partial charge in [-0.2, -0.15) is 8.78 Å². The van der Waals surface area contributed by atoms with Gasteiger partial charge in [-0.25, -0.2) is 13.2 Å². The number of hydrogen-bond acceptors (Lipinski definition) is 3. The molecule has 0 spiro atoms. The molecule has 0 saturated heterocycles. The predicted molar refractivity (Wildman–Crippen MR) is 64.7 cm³/mol. The number of anilines is 1. The van der Waals surface area contributed by atoms with Crippen LogP contribution in [0.15, 0.2) is 18.2 Å². The first-order chi connectivity index (χ1) is 7.74. The summed E-state index contributed by atoms with van der Waals surface area (Å²) >= 11 is 1.82. The molecular formula is C8H6F2INO4S. The molecule has 0 aliphatic rings. The third-order valence-corrected chi connectivity index (χ3v) is 3.34. The molecule has 0 fully saturated rings. The largest absolute Gasteiger partial charge is 0.478 e. The first kappa shape index (κ1) is 14.1. The monoisotopic (exact) mass is 377 g/mol. The van der Waals surface area contributed by atoms with Crippen LogP contribution < -0.4 is 4.72 Å². The van der Waals surface area contributed by atoms with Crippen LogP contribution in [-0.2, 0) is 10.0 Å². The Morgan fingerprint density at radius 2 is 2.00 bits per heavy atom. The molecule has 5 nitrogen and oxygen atoms in total. The Hall–Kier alpha value is -0.970. The summed E-state index contributed by atoms with van der Waals surface area (Å²) in [6.07, 6.45) is 0. The second kappa shape index (κ2) is 5.12. The lowest BCUT2D eigenvalue weighted by molar-refractivity contribution is 0.0698. The third kappa shape index (κ3) is 3.49. The lowest BCUT2D eigenvalue weighted by Gasteiger charge is -2.09. The number of nitrogens with one attached hydrogen (secondary N) is 1. The summed E-state index contributed by atoms with van der Waals surface area (Å²) in [6, 6.07) is 3.69. The van der Waals surface area contributed by atoms with Crippen LogP contribution in [0.25, 0.3) is 0 Å². The highest BCUT2D eigenvalue weighted by Gasteiger charge is 2.25. The fraction of sp³-hybridized carbons (Fsp3) is 0.125. The van der Waals surface area contributed by atoms with E-state index in [-0.39, 0.29) is 5.56 Å². The minimum atomic E-state index is -4.87. The molecule has 0 saturated carbocycles. The van der Waals surface area contributed by atoms with Crippen molar-refractivity contribution in [3.8, 4) is 0 Å². The molecule has 0 aliphatic carbocycles. The van der Waals surface area contributed by atoms with Crippen molar-refractivity contribution in [3.63, 3.8) is 0 Å². The van der Waals surface area contributed by atoms with Crippen LogP contribution in [0.4, 0.5) is 14.5 Å². The second-order valence-corrected chi connectivity index (χ2v) is 5.80. The van der Waals surface area contributed by atoms with Gasteiger partial charge in [-0.15, -0.1) is 0 Å². The molecule has 0 aromatic heterocycles. The zero-order valence-corrected chi connectivity index (χ0v) is 11.0. The van der Waals surface area contributed by atoms with Crippen LogP contribution >= 0.6 is 22.6 Å². The molecule has 0 heterocycles. The van der Waals surface area contributed by atoms with Gasteiger partial charge in [0, 0.05) is 3.57 Å². The van der Waals surface area contributed by atoms with Gasteiger partial charge in [0.1, 0.15) is 0 Å². The Bertz CT molecular complexity index is 546. The first-order valence-electron chi connectivity index (χ1n) is 4.06. The molecule has 0 amide bonds. The zero-order valence-electron chi connectivity index (χ0n) is 8.02. The maximum Gasteiger partial charge on any atom is 0.355 e. The van der Waals surface area contributed by atoms with Crippen molar-refractivity contribution in [2.45, 2.75) is 5.76 Å². The van der Waals surface area contributed by atoms with Crippen molar-refractivity contribution in [2.75, 3.05) is 4.72 Å². The number of alkyl halides is 2. The van der Waals surface area contributed by atoms with E-state index >= 15 is 0 Å². The number of aromatic carboxylic acids is 1. The number of carboxylic acid groups (broad SMARTS) is 1. The Kier molecular flexibility index (Phi) is 4.25.